The van der Waals surface area contributed by atoms with Gasteiger partial charge in [-0.2, -0.15) is 0 Å². The number of benzene rings is 1. The van der Waals surface area contributed by atoms with Crippen molar-refractivity contribution in [1.82, 2.24) is 4.90 Å². The van der Waals surface area contributed by atoms with Crippen LogP contribution in [0.25, 0.3) is 0 Å². The first-order valence-corrected chi connectivity index (χ1v) is 6.87. The van der Waals surface area contributed by atoms with Crippen LogP contribution in [0.1, 0.15) is 33.3 Å². The van der Waals surface area contributed by atoms with Gasteiger partial charge in [0.1, 0.15) is 5.97 Å². The van der Waals surface area contributed by atoms with Crippen molar-refractivity contribution >= 4 is 9.24 Å². The summed E-state index contributed by atoms with van der Waals surface area (Å²) in [4.78, 5) is 2.34. The highest BCUT2D eigenvalue weighted by Crippen LogP contribution is 2.18. The Bertz CT molecular complexity index is 305. The molecule has 0 fully saturated rings. The molecule has 0 aliphatic carbocycles. The van der Waals surface area contributed by atoms with Gasteiger partial charge < -0.3 is 4.74 Å². The Morgan fingerprint density at radius 3 is 2.06 bits per heavy atom. The normalized spacial score (nSPS) is 13.6. The van der Waals surface area contributed by atoms with E-state index in [0.29, 0.717) is 18.7 Å². The molecule has 1 rings (SSSR count). The molecule has 0 saturated heterocycles. The molecule has 0 amide bonds. The average Bonchev–Trinajstić information content (AvgIpc) is 2.27. The summed E-state index contributed by atoms with van der Waals surface area (Å²) in [6, 6.07) is 11.2. The number of rotatable bonds is 6. The van der Waals surface area contributed by atoms with Crippen LogP contribution >= 0.6 is 9.24 Å². The molecule has 0 bridgehead atoms. The van der Waals surface area contributed by atoms with E-state index in [1.165, 1.54) is 5.56 Å². The molecule has 3 heteroatoms. The van der Waals surface area contributed by atoms with E-state index >= 15 is 0 Å². The van der Waals surface area contributed by atoms with Crippen molar-refractivity contribution < 1.29 is 4.74 Å². The fourth-order valence-corrected chi connectivity index (χ4v) is 2.81. The number of hydrogen-bond donors (Lipinski definition) is 0. The Hall–Kier alpha value is -0.430. The summed E-state index contributed by atoms with van der Waals surface area (Å²) in [7, 11) is 2.79. The second-order valence-electron chi connectivity index (χ2n) is 4.82. The van der Waals surface area contributed by atoms with Crippen LogP contribution in [0.15, 0.2) is 30.3 Å². The van der Waals surface area contributed by atoms with E-state index in [4.69, 9.17) is 4.74 Å². The molecule has 17 heavy (non-hydrogen) atoms. The molecule has 0 radical (unpaired) electrons. The van der Waals surface area contributed by atoms with Gasteiger partial charge in [0.25, 0.3) is 0 Å². The zero-order chi connectivity index (χ0) is 12.8. The summed E-state index contributed by atoms with van der Waals surface area (Å²) >= 11 is 0. The summed E-state index contributed by atoms with van der Waals surface area (Å²) in [5.41, 5.74) is 1.22. The summed E-state index contributed by atoms with van der Waals surface area (Å²) in [6.07, 6.45) is 0. The highest BCUT2D eigenvalue weighted by atomic mass is 31.0. The van der Waals surface area contributed by atoms with E-state index in [2.05, 4.69) is 54.0 Å². The molecule has 0 aliphatic heterocycles. The van der Waals surface area contributed by atoms with Gasteiger partial charge >= 0.3 is 0 Å². The van der Waals surface area contributed by atoms with Gasteiger partial charge in [-0.25, -0.2) is 0 Å². The molecule has 96 valence electrons. The molecule has 2 atom stereocenters. The molecule has 0 aromatic heterocycles. The standard InChI is InChI=1S/C14H24NOP/c1-11(2)15(12(3)4)14(17)16-10-13-8-6-5-7-9-13/h5-9,11-12,14H,10,17H2,1-4H3. The summed E-state index contributed by atoms with van der Waals surface area (Å²) in [5, 5.41) is 0. The predicted octanol–water partition coefficient (Wildman–Crippen LogP) is 3.48. The lowest BCUT2D eigenvalue weighted by Crippen LogP contribution is -2.43. The van der Waals surface area contributed by atoms with Gasteiger partial charge in [-0.05, 0) is 33.3 Å². The minimum Gasteiger partial charge on any atom is -0.355 e. The molecule has 0 saturated carbocycles. The van der Waals surface area contributed by atoms with E-state index in [1.54, 1.807) is 0 Å². The van der Waals surface area contributed by atoms with Gasteiger partial charge in [0, 0.05) is 12.1 Å². The second-order valence-corrected chi connectivity index (χ2v) is 5.39. The lowest BCUT2D eigenvalue weighted by molar-refractivity contribution is -0.0403. The minimum atomic E-state index is 0.0650. The van der Waals surface area contributed by atoms with E-state index in [0.717, 1.165) is 0 Å². The molecule has 1 aromatic carbocycles. The van der Waals surface area contributed by atoms with Crippen molar-refractivity contribution in [3.05, 3.63) is 35.9 Å². The highest BCUT2D eigenvalue weighted by molar-refractivity contribution is 7.17. The zero-order valence-electron chi connectivity index (χ0n) is 11.3. The first kappa shape index (κ1) is 14.6. The Kier molecular flexibility index (Phi) is 6.11. The minimum absolute atomic E-state index is 0.0650. The van der Waals surface area contributed by atoms with Crippen LogP contribution in [0, 0.1) is 0 Å². The quantitative estimate of drug-likeness (QED) is 0.568. The first-order valence-electron chi connectivity index (χ1n) is 6.21. The second kappa shape index (κ2) is 7.10. The third-order valence-corrected chi connectivity index (χ3v) is 3.29. The van der Waals surface area contributed by atoms with Crippen molar-refractivity contribution in [2.75, 3.05) is 0 Å². The van der Waals surface area contributed by atoms with Gasteiger partial charge in [0.15, 0.2) is 0 Å². The van der Waals surface area contributed by atoms with E-state index in [-0.39, 0.29) is 5.97 Å². The van der Waals surface area contributed by atoms with Crippen molar-refractivity contribution in [3.63, 3.8) is 0 Å². The number of hydrogen-bond acceptors (Lipinski definition) is 2. The summed E-state index contributed by atoms with van der Waals surface area (Å²) < 4.78 is 5.90. The third kappa shape index (κ3) is 4.75. The number of nitrogens with zero attached hydrogens (tertiary/aromatic N) is 1. The predicted molar refractivity (Wildman–Crippen MR) is 76.8 cm³/mol. The molecular formula is C14H24NOP. The molecule has 0 N–H and O–H groups in total. The van der Waals surface area contributed by atoms with E-state index in [9.17, 15) is 0 Å². The fraction of sp³-hybridized carbons (Fsp3) is 0.571. The van der Waals surface area contributed by atoms with Crippen molar-refractivity contribution in [2.24, 2.45) is 0 Å². The average molecular weight is 253 g/mol. The van der Waals surface area contributed by atoms with Gasteiger partial charge in [-0.3, -0.25) is 4.90 Å². The van der Waals surface area contributed by atoms with Gasteiger partial charge in [-0.1, -0.05) is 39.6 Å². The molecule has 0 heterocycles. The van der Waals surface area contributed by atoms with Crippen LogP contribution in [0.4, 0.5) is 0 Å². The zero-order valence-corrected chi connectivity index (χ0v) is 12.4. The summed E-state index contributed by atoms with van der Waals surface area (Å²) in [5.74, 6) is 0.0650. The van der Waals surface area contributed by atoms with Crippen molar-refractivity contribution in [3.8, 4) is 0 Å². The molecule has 0 spiro atoms. The molecular weight excluding hydrogens is 229 g/mol. The van der Waals surface area contributed by atoms with Crippen LogP contribution in [-0.4, -0.2) is 23.0 Å². The monoisotopic (exact) mass is 253 g/mol. The lowest BCUT2D eigenvalue weighted by atomic mass is 10.2. The van der Waals surface area contributed by atoms with E-state index in [1.807, 2.05) is 18.2 Å². The van der Waals surface area contributed by atoms with Gasteiger partial charge in [0.05, 0.1) is 6.61 Å². The third-order valence-electron chi connectivity index (χ3n) is 2.75. The first-order chi connectivity index (χ1) is 8.02. The Balaban J connectivity index is 2.50. The highest BCUT2D eigenvalue weighted by Gasteiger charge is 2.20. The van der Waals surface area contributed by atoms with Gasteiger partial charge in [-0.15, -0.1) is 0 Å². The van der Waals surface area contributed by atoms with Crippen molar-refractivity contribution in [1.29, 1.82) is 0 Å². The fourth-order valence-electron chi connectivity index (χ4n) is 2.03. The van der Waals surface area contributed by atoms with Gasteiger partial charge in [0.2, 0.25) is 0 Å². The smallest absolute Gasteiger partial charge is 0.124 e. The molecule has 0 aliphatic rings. The molecule has 2 unspecified atom stereocenters. The molecule has 1 aromatic rings. The Labute approximate surface area is 108 Å². The van der Waals surface area contributed by atoms with Crippen LogP contribution in [-0.2, 0) is 11.3 Å². The SMILES string of the molecule is CC(C)N(C(C)C)C(P)OCc1ccccc1. The Morgan fingerprint density at radius 1 is 1.06 bits per heavy atom. The maximum Gasteiger partial charge on any atom is 0.124 e. The largest absolute Gasteiger partial charge is 0.355 e. The van der Waals surface area contributed by atoms with Crippen LogP contribution < -0.4 is 0 Å². The topological polar surface area (TPSA) is 12.5 Å². The molecule has 2 nitrogen and oxygen atoms in total. The van der Waals surface area contributed by atoms with Crippen LogP contribution in [0.5, 0.6) is 0 Å². The Morgan fingerprint density at radius 2 is 1.59 bits per heavy atom. The number of ether oxygens (including phenoxy) is 1. The van der Waals surface area contributed by atoms with Crippen molar-refractivity contribution in [2.45, 2.75) is 52.4 Å². The summed E-state index contributed by atoms with van der Waals surface area (Å²) in [6.45, 7) is 9.45. The maximum absolute atomic E-state index is 5.90. The lowest BCUT2D eigenvalue weighted by Gasteiger charge is -2.35. The van der Waals surface area contributed by atoms with Crippen LogP contribution in [0.2, 0.25) is 0 Å². The van der Waals surface area contributed by atoms with Crippen LogP contribution in [0.3, 0.4) is 0 Å². The van der Waals surface area contributed by atoms with E-state index < -0.39 is 0 Å². The maximum atomic E-state index is 5.90.